The molecule has 0 saturated carbocycles. The molecule has 1 N–H and O–H groups in total. The number of aromatic nitrogens is 2. The molecule has 0 unspecified atom stereocenters. The quantitative estimate of drug-likeness (QED) is 0.885. The smallest absolute Gasteiger partial charge is 0.219 e. The van der Waals surface area contributed by atoms with E-state index in [2.05, 4.69) is 15.1 Å². The Bertz CT molecular complexity index is 842. The van der Waals surface area contributed by atoms with Crippen molar-refractivity contribution in [2.45, 2.75) is 39.7 Å². The minimum Gasteiger partial charge on any atom is -0.507 e. The van der Waals surface area contributed by atoms with E-state index < -0.39 is 0 Å². The monoisotopic (exact) mass is 366 g/mol. The Morgan fingerprint density at radius 1 is 1.15 bits per heavy atom. The molecule has 3 heterocycles. The Balaban J connectivity index is 1.59. The molecular formula is C21H26N4O2. The Hall–Kier alpha value is -2.63. The first-order valence-electron chi connectivity index (χ1n) is 9.60. The zero-order chi connectivity index (χ0) is 19.1. The summed E-state index contributed by atoms with van der Waals surface area (Å²) in [6.45, 7) is 8.15. The number of hydrogen-bond acceptors (Lipinski definition) is 5. The average Bonchev–Trinajstić information content (AvgIpc) is 3.04. The van der Waals surface area contributed by atoms with E-state index in [1.165, 1.54) is 0 Å². The number of benzene rings is 1. The van der Waals surface area contributed by atoms with Crippen LogP contribution in [0.1, 0.15) is 30.9 Å². The van der Waals surface area contributed by atoms with E-state index in [9.17, 15) is 9.90 Å². The van der Waals surface area contributed by atoms with Gasteiger partial charge in [-0.25, -0.2) is 0 Å². The lowest BCUT2D eigenvalue weighted by molar-refractivity contribution is -0.130. The zero-order valence-electron chi connectivity index (χ0n) is 16.1. The molecule has 2 atom stereocenters. The molecule has 6 heteroatoms. The number of piperidine rings is 1. The molecule has 4 rings (SSSR count). The van der Waals surface area contributed by atoms with Gasteiger partial charge in [-0.15, -0.1) is 10.2 Å². The molecule has 27 heavy (non-hydrogen) atoms. The largest absolute Gasteiger partial charge is 0.507 e. The van der Waals surface area contributed by atoms with E-state index in [0.29, 0.717) is 17.7 Å². The highest BCUT2D eigenvalue weighted by atomic mass is 16.3. The molecule has 142 valence electrons. The fourth-order valence-electron chi connectivity index (χ4n) is 4.60. The summed E-state index contributed by atoms with van der Waals surface area (Å²) >= 11 is 0. The van der Waals surface area contributed by atoms with E-state index in [0.717, 1.165) is 55.0 Å². The second-order valence-corrected chi connectivity index (χ2v) is 7.82. The van der Waals surface area contributed by atoms with Gasteiger partial charge in [-0.1, -0.05) is 6.07 Å². The van der Waals surface area contributed by atoms with Gasteiger partial charge in [0.1, 0.15) is 5.75 Å². The number of carbonyl (C=O) groups is 1. The summed E-state index contributed by atoms with van der Waals surface area (Å²) in [5.74, 6) is 1.85. The van der Waals surface area contributed by atoms with Crippen molar-refractivity contribution >= 4 is 11.7 Å². The van der Waals surface area contributed by atoms with Crippen LogP contribution in [0.25, 0.3) is 11.3 Å². The minimum absolute atomic E-state index is 0.145. The maximum atomic E-state index is 11.8. The molecular weight excluding hydrogens is 340 g/mol. The second kappa shape index (κ2) is 6.83. The number of phenolic OH excluding ortho intramolecular Hbond substituents is 1. The Morgan fingerprint density at radius 3 is 2.59 bits per heavy atom. The van der Waals surface area contributed by atoms with Crippen molar-refractivity contribution in [3.05, 3.63) is 35.4 Å². The van der Waals surface area contributed by atoms with Crippen LogP contribution in [0.4, 0.5) is 5.82 Å². The SMILES string of the molecule is CC(=O)N1CC[C@@H]2CCN(c3ccc(-c4c(C)cc(C)cc4O)nn3)[C@@H]2C1. The fourth-order valence-corrected chi connectivity index (χ4v) is 4.60. The van der Waals surface area contributed by atoms with Crippen LogP contribution >= 0.6 is 0 Å². The molecule has 1 amide bonds. The maximum Gasteiger partial charge on any atom is 0.219 e. The molecule has 0 aliphatic carbocycles. The van der Waals surface area contributed by atoms with Gasteiger partial charge in [-0.05, 0) is 61.9 Å². The highest BCUT2D eigenvalue weighted by molar-refractivity contribution is 5.73. The van der Waals surface area contributed by atoms with Gasteiger partial charge in [0.25, 0.3) is 0 Å². The van der Waals surface area contributed by atoms with Crippen molar-refractivity contribution in [3.63, 3.8) is 0 Å². The highest BCUT2D eigenvalue weighted by Crippen LogP contribution is 2.36. The zero-order valence-corrected chi connectivity index (χ0v) is 16.1. The van der Waals surface area contributed by atoms with Crippen molar-refractivity contribution in [2.75, 3.05) is 24.5 Å². The predicted molar refractivity (Wildman–Crippen MR) is 105 cm³/mol. The predicted octanol–water partition coefficient (Wildman–Crippen LogP) is 2.91. The number of anilines is 1. The second-order valence-electron chi connectivity index (χ2n) is 7.82. The molecule has 2 aromatic rings. The first-order valence-corrected chi connectivity index (χ1v) is 9.60. The Morgan fingerprint density at radius 2 is 1.93 bits per heavy atom. The fraction of sp³-hybridized carbons (Fsp3) is 0.476. The first kappa shape index (κ1) is 17.8. The van der Waals surface area contributed by atoms with E-state index in [1.807, 2.05) is 36.9 Å². The van der Waals surface area contributed by atoms with Crippen molar-refractivity contribution < 1.29 is 9.90 Å². The first-order chi connectivity index (χ1) is 12.9. The third-order valence-electron chi connectivity index (χ3n) is 5.97. The van der Waals surface area contributed by atoms with Crippen molar-refractivity contribution in [1.29, 1.82) is 0 Å². The summed E-state index contributed by atoms with van der Waals surface area (Å²) in [5.41, 5.74) is 3.42. The van der Waals surface area contributed by atoms with Crippen molar-refractivity contribution in [2.24, 2.45) is 5.92 Å². The van der Waals surface area contributed by atoms with E-state index in [4.69, 9.17) is 0 Å². The molecule has 2 aliphatic heterocycles. The van der Waals surface area contributed by atoms with Crippen molar-refractivity contribution in [1.82, 2.24) is 15.1 Å². The number of rotatable bonds is 2. The Labute approximate surface area is 159 Å². The number of hydrogen-bond donors (Lipinski definition) is 1. The topological polar surface area (TPSA) is 69.6 Å². The van der Waals surface area contributed by atoms with Crippen LogP contribution in [0.3, 0.4) is 0 Å². The summed E-state index contributed by atoms with van der Waals surface area (Å²) in [7, 11) is 0. The highest BCUT2D eigenvalue weighted by Gasteiger charge is 2.39. The third kappa shape index (κ3) is 3.24. The summed E-state index contributed by atoms with van der Waals surface area (Å²) in [6.07, 6.45) is 2.19. The van der Waals surface area contributed by atoms with Crippen LogP contribution in [0.15, 0.2) is 24.3 Å². The van der Waals surface area contributed by atoms with Crippen LogP contribution in [0.5, 0.6) is 5.75 Å². The normalized spacial score (nSPS) is 22.0. The number of amides is 1. The maximum absolute atomic E-state index is 11.8. The van der Waals surface area contributed by atoms with Gasteiger partial charge in [-0.3, -0.25) is 4.79 Å². The van der Waals surface area contributed by atoms with Gasteiger partial charge in [0.2, 0.25) is 5.91 Å². The van der Waals surface area contributed by atoms with Gasteiger partial charge in [0.05, 0.1) is 11.7 Å². The number of carbonyl (C=O) groups excluding carboxylic acids is 1. The lowest BCUT2D eigenvalue weighted by Crippen LogP contribution is -2.49. The summed E-state index contributed by atoms with van der Waals surface area (Å²) in [5, 5.41) is 19.2. The number of phenols is 1. The van der Waals surface area contributed by atoms with E-state index in [-0.39, 0.29) is 11.7 Å². The van der Waals surface area contributed by atoms with Crippen LogP contribution in [-0.4, -0.2) is 51.8 Å². The standard InChI is InChI=1S/C21H26N4O2/c1-13-10-14(2)21(19(27)11-13)17-4-5-20(23-22-17)25-9-7-16-6-8-24(15(3)26)12-18(16)25/h4-5,10-11,16,18,27H,6-9,12H2,1-3H3/t16-,18-/m1/s1. The number of aryl methyl sites for hydroxylation is 2. The molecule has 2 aliphatic rings. The van der Waals surface area contributed by atoms with Gasteiger partial charge >= 0.3 is 0 Å². The number of likely N-dealkylation sites (tertiary alicyclic amines) is 1. The van der Waals surface area contributed by atoms with Crippen molar-refractivity contribution in [3.8, 4) is 17.0 Å². The lowest BCUT2D eigenvalue weighted by atomic mass is 9.92. The van der Waals surface area contributed by atoms with Gasteiger partial charge in [0.15, 0.2) is 5.82 Å². The third-order valence-corrected chi connectivity index (χ3v) is 5.97. The van der Waals surface area contributed by atoms with Crippen LogP contribution in [0.2, 0.25) is 0 Å². The van der Waals surface area contributed by atoms with Gasteiger partial charge in [-0.2, -0.15) is 0 Å². The van der Waals surface area contributed by atoms with E-state index in [1.54, 1.807) is 13.0 Å². The average molecular weight is 366 g/mol. The molecule has 1 aromatic carbocycles. The number of aromatic hydroxyl groups is 1. The lowest BCUT2D eigenvalue weighted by Gasteiger charge is -2.38. The molecule has 2 fully saturated rings. The van der Waals surface area contributed by atoms with E-state index >= 15 is 0 Å². The van der Waals surface area contributed by atoms with Crippen LogP contribution < -0.4 is 4.90 Å². The minimum atomic E-state index is 0.145. The molecule has 0 spiro atoms. The molecule has 0 bridgehead atoms. The molecule has 6 nitrogen and oxygen atoms in total. The Kier molecular flexibility index (Phi) is 4.50. The van der Waals surface area contributed by atoms with Crippen LogP contribution in [-0.2, 0) is 4.79 Å². The molecule has 1 aromatic heterocycles. The van der Waals surface area contributed by atoms with Crippen LogP contribution in [0, 0.1) is 19.8 Å². The number of nitrogens with zero attached hydrogens (tertiary/aromatic N) is 4. The summed E-state index contributed by atoms with van der Waals surface area (Å²) in [6, 6.07) is 8.02. The van der Waals surface area contributed by atoms with Gasteiger partial charge in [0, 0.05) is 32.1 Å². The van der Waals surface area contributed by atoms with Gasteiger partial charge < -0.3 is 14.9 Å². The summed E-state index contributed by atoms with van der Waals surface area (Å²) in [4.78, 5) is 16.0. The number of fused-ring (bicyclic) bond motifs is 1. The molecule has 0 radical (unpaired) electrons. The molecule has 2 saturated heterocycles. The summed E-state index contributed by atoms with van der Waals surface area (Å²) < 4.78 is 0.